The lowest BCUT2D eigenvalue weighted by Crippen LogP contribution is -1.95. The van der Waals surface area contributed by atoms with Gasteiger partial charge in [-0.1, -0.05) is 115 Å². The van der Waals surface area contributed by atoms with E-state index in [1.54, 1.807) is 0 Å². The topological polar surface area (TPSA) is 22.2 Å². The molecule has 4 aromatic heterocycles. The number of aromatic nitrogens is 3. The quantitative estimate of drug-likeness (QED) is 0.183. The lowest BCUT2D eigenvalue weighted by Gasteiger charge is -2.11. The Hall–Kier alpha value is -6.49. The Morgan fingerprint density at radius 3 is 1.86 bits per heavy atom. The zero-order valence-corrected chi connectivity index (χ0v) is 28.3. The van der Waals surface area contributed by atoms with Crippen molar-refractivity contribution in [3.05, 3.63) is 176 Å². The van der Waals surface area contributed by atoms with Crippen LogP contribution in [0.5, 0.6) is 0 Å². The zero-order chi connectivity index (χ0) is 33.5. The van der Waals surface area contributed by atoms with E-state index in [0.29, 0.717) is 0 Å². The molecule has 3 nitrogen and oxygen atoms in total. The van der Waals surface area contributed by atoms with E-state index >= 15 is 0 Å². The molecule has 0 radical (unpaired) electrons. The second kappa shape index (κ2) is 11.0. The molecule has 0 atom stereocenters. The molecule has 238 valence electrons. The molecule has 0 unspecified atom stereocenters. The summed E-state index contributed by atoms with van der Waals surface area (Å²) < 4.78 is 7.20. The van der Waals surface area contributed by atoms with Crippen LogP contribution in [-0.4, -0.2) is 14.0 Å². The van der Waals surface area contributed by atoms with Gasteiger partial charge in [0.25, 0.3) is 0 Å². The van der Waals surface area contributed by atoms with Gasteiger partial charge in [-0.2, -0.15) is 0 Å². The molecule has 4 heteroatoms. The second-order valence-electron chi connectivity index (χ2n) is 13.2. The van der Waals surface area contributed by atoms with Gasteiger partial charge in [0.2, 0.25) is 0 Å². The Morgan fingerprint density at radius 1 is 0.471 bits per heavy atom. The lowest BCUT2D eigenvalue weighted by atomic mass is 9.96. The first-order valence-electron chi connectivity index (χ1n) is 17.3. The molecule has 7 aromatic carbocycles. The molecule has 0 aliphatic carbocycles. The van der Waals surface area contributed by atoms with Gasteiger partial charge in [-0.15, -0.1) is 11.3 Å². The predicted octanol–water partition coefficient (Wildman–Crippen LogP) is 13.0. The summed E-state index contributed by atoms with van der Waals surface area (Å²) in [6, 6.07) is 59.5. The van der Waals surface area contributed by atoms with Crippen LogP contribution in [0, 0.1) is 0 Å². The number of hydrogen-bond donors (Lipinski definition) is 0. The van der Waals surface area contributed by atoms with Crippen molar-refractivity contribution in [3.63, 3.8) is 0 Å². The van der Waals surface area contributed by atoms with Crippen LogP contribution in [-0.2, 0) is 0 Å². The van der Waals surface area contributed by atoms with Gasteiger partial charge in [0, 0.05) is 65.4 Å². The third-order valence-electron chi connectivity index (χ3n) is 10.3. The maximum Gasteiger partial charge on any atom is 0.137 e. The highest BCUT2D eigenvalue weighted by Gasteiger charge is 2.23. The minimum absolute atomic E-state index is 0.946. The number of nitrogens with zero attached hydrogens (tertiary/aromatic N) is 3. The smallest absolute Gasteiger partial charge is 0.137 e. The Labute approximate surface area is 297 Å². The molecule has 0 aliphatic heterocycles. The monoisotopic (exact) mass is 667 g/mol. The maximum absolute atomic E-state index is 4.90. The minimum Gasteiger partial charge on any atom is -0.309 e. The largest absolute Gasteiger partial charge is 0.309 e. The van der Waals surface area contributed by atoms with E-state index in [1.165, 1.54) is 75.0 Å². The average Bonchev–Trinajstić information content (AvgIpc) is 3.90. The summed E-state index contributed by atoms with van der Waals surface area (Å²) >= 11 is 1.91. The first-order valence-corrected chi connectivity index (χ1v) is 18.1. The summed E-state index contributed by atoms with van der Waals surface area (Å²) in [6.45, 7) is 0. The molecule has 11 rings (SSSR count). The van der Waals surface area contributed by atoms with Gasteiger partial charge in [0.05, 0.1) is 16.7 Å². The summed E-state index contributed by atoms with van der Waals surface area (Å²) in [5, 5.41) is 7.75. The second-order valence-corrected chi connectivity index (χ2v) is 14.3. The molecule has 0 saturated carbocycles. The fourth-order valence-corrected chi connectivity index (χ4v) is 9.19. The number of thiophene rings is 1. The Kier molecular flexibility index (Phi) is 6.12. The van der Waals surface area contributed by atoms with Crippen molar-refractivity contribution in [1.82, 2.24) is 14.0 Å². The van der Waals surface area contributed by atoms with Crippen molar-refractivity contribution in [2.24, 2.45) is 0 Å². The molecule has 0 spiro atoms. The van der Waals surface area contributed by atoms with Crippen LogP contribution in [0.4, 0.5) is 0 Å². The molecule has 51 heavy (non-hydrogen) atoms. The van der Waals surface area contributed by atoms with Crippen LogP contribution in [0.2, 0.25) is 0 Å². The highest BCUT2D eigenvalue weighted by molar-refractivity contribution is 7.27. The van der Waals surface area contributed by atoms with Gasteiger partial charge >= 0.3 is 0 Å². The SMILES string of the molecule is c1ccc(-c2ccc3sc4c5ccccc5c5c(c6cc(-c7ccccc7)ccc6n5-c5ccc(-c6cn7ccccc7n6)cc5)c4c3c2)cc1. The zero-order valence-electron chi connectivity index (χ0n) is 27.5. The van der Waals surface area contributed by atoms with Crippen LogP contribution in [0.1, 0.15) is 0 Å². The van der Waals surface area contributed by atoms with E-state index in [1.807, 2.05) is 35.7 Å². The normalized spacial score (nSPS) is 11.9. The predicted molar refractivity (Wildman–Crippen MR) is 216 cm³/mol. The molecule has 11 aromatic rings. The molecular formula is C47H29N3S. The van der Waals surface area contributed by atoms with E-state index in [4.69, 9.17) is 4.98 Å². The van der Waals surface area contributed by atoms with Crippen LogP contribution in [0.15, 0.2) is 176 Å². The molecule has 4 heterocycles. The summed E-state index contributed by atoms with van der Waals surface area (Å²) in [7, 11) is 0. The molecule has 0 aliphatic rings. The average molecular weight is 668 g/mol. The molecule has 0 fully saturated rings. The fourth-order valence-electron chi connectivity index (χ4n) is 7.97. The van der Waals surface area contributed by atoms with E-state index in [-0.39, 0.29) is 0 Å². The van der Waals surface area contributed by atoms with Crippen LogP contribution >= 0.6 is 11.3 Å². The first kappa shape index (κ1) is 28.4. The van der Waals surface area contributed by atoms with Gasteiger partial charge in [0.15, 0.2) is 0 Å². The fraction of sp³-hybridized carbons (Fsp3) is 0. The van der Waals surface area contributed by atoms with Crippen molar-refractivity contribution in [2.75, 3.05) is 0 Å². The lowest BCUT2D eigenvalue weighted by molar-refractivity contribution is 1.18. The maximum atomic E-state index is 4.90. The Balaban J connectivity index is 1.25. The van der Waals surface area contributed by atoms with E-state index in [2.05, 4.69) is 161 Å². The van der Waals surface area contributed by atoms with Crippen LogP contribution in [0.3, 0.4) is 0 Å². The van der Waals surface area contributed by atoms with Crippen molar-refractivity contribution in [3.8, 4) is 39.2 Å². The van der Waals surface area contributed by atoms with Crippen molar-refractivity contribution in [1.29, 1.82) is 0 Å². The third kappa shape index (κ3) is 4.33. The highest BCUT2D eigenvalue weighted by Crippen LogP contribution is 2.49. The molecule has 0 N–H and O–H groups in total. The third-order valence-corrected chi connectivity index (χ3v) is 11.5. The van der Waals surface area contributed by atoms with E-state index in [9.17, 15) is 0 Å². The molecular weight excluding hydrogens is 639 g/mol. The van der Waals surface area contributed by atoms with Gasteiger partial charge in [0.1, 0.15) is 5.65 Å². The first-order chi connectivity index (χ1) is 25.3. The van der Waals surface area contributed by atoms with Gasteiger partial charge < -0.3 is 8.97 Å². The van der Waals surface area contributed by atoms with Crippen LogP contribution in [0.25, 0.3) is 97.6 Å². The van der Waals surface area contributed by atoms with Crippen molar-refractivity contribution in [2.45, 2.75) is 0 Å². The molecule has 0 saturated heterocycles. The molecule has 0 amide bonds. The summed E-state index contributed by atoms with van der Waals surface area (Å²) in [5.74, 6) is 0. The van der Waals surface area contributed by atoms with Crippen molar-refractivity contribution < 1.29 is 0 Å². The van der Waals surface area contributed by atoms with E-state index < -0.39 is 0 Å². The number of rotatable bonds is 4. The minimum atomic E-state index is 0.946. The van der Waals surface area contributed by atoms with Crippen molar-refractivity contribution >= 4 is 69.7 Å². The van der Waals surface area contributed by atoms with Crippen LogP contribution < -0.4 is 0 Å². The van der Waals surface area contributed by atoms with Gasteiger partial charge in [-0.05, 0) is 70.8 Å². The van der Waals surface area contributed by atoms with Gasteiger partial charge in [-0.3, -0.25) is 0 Å². The summed E-state index contributed by atoms with van der Waals surface area (Å²) in [4.78, 5) is 4.90. The number of benzene rings is 7. The Morgan fingerprint density at radius 2 is 1.12 bits per heavy atom. The number of imidazole rings is 1. The number of fused-ring (bicyclic) bond motifs is 11. The number of pyridine rings is 1. The Bertz CT molecular complexity index is 3080. The standard InChI is InChI=1S/C47H29N3S/c1-3-11-30(12-4-1)33-20-24-41-38(27-33)44-45-39-28-34(31-13-5-2-6-14-31)21-25-42(39)51-47(45)37-16-8-7-15-36(37)46(44)50(41)35-22-18-32(19-23-35)40-29-49-26-10-9-17-43(49)48-40/h1-29H. The van der Waals surface area contributed by atoms with Gasteiger partial charge in [-0.25, -0.2) is 4.98 Å². The summed E-state index contributed by atoms with van der Waals surface area (Å²) in [6.07, 6.45) is 4.15. The van der Waals surface area contributed by atoms with E-state index in [0.717, 1.165) is 22.6 Å². The summed E-state index contributed by atoms with van der Waals surface area (Å²) in [5.41, 5.74) is 11.5. The number of hydrogen-bond acceptors (Lipinski definition) is 2. The molecule has 0 bridgehead atoms. The highest BCUT2D eigenvalue weighted by atomic mass is 32.1.